The summed E-state index contributed by atoms with van der Waals surface area (Å²) in [5.41, 5.74) is -0.232. The number of hydrogen-bond donors (Lipinski definition) is 1. The number of aliphatic hydroxyl groups excluding tert-OH is 1. The number of amides is 2. The van der Waals surface area contributed by atoms with Crippen LogP contribution in [0.3, 0.4) is 0 Å². The van der Waals surface area contributed by atoms with Gasteiger partial charge in [0.15, 0.2) is 0 Å². The van der Waals surface area contributed by atoms with Crippen molar-refractivity contribution < 1.29 is 14.7 Å². The van der Waals surface area contributed by atoms with E-state index in [4.69, 9.17) is 0 Å². The molecule has 1 saturated carbocycles. The number of carbonyl (C=O) groups excluding carboxylic acids is 2. The fraction of sp³-hybridized carbons (Fsp3) is 0.846. The van der Waals surface area contributed by atoms with Crippen LogP contribution in [0.15, 0.2) is 0 Å². The second-order valence-electron chi connectivity index (χ2n) is 6.09. The van der Waals surface area contributed by atoms with Crippen LogP contribution in [0.2, 0.25) is 0 Å². The highest BCUT2D eigenvalue weighted by Gasteiger charge is 2.43. The molecule has 1 N–H and O–H groups in total. The van der Waals surface area contributed by atoms with Crippen LogP contribution in [0, 0.1) is 5.41 Å². The van der Waals surface area contributed by atoms with Crippen LogP contribution in [0.25, 0.3) is 0 Å². The molecule has 2 aliphatic rings. The third-order valence-electron chi connectivity index (χ3n) is 3.82. The number of aliphatic hydroxyl groups is 1. The van der Waals surface area contributed by atoms with Crippen LogP contribution in [0.4, 0.5) is 0 Å². The van der Waals surface area contributed by atoms with Gasteiger partial charge >= 0.3 is 0 Å². The Kier molecular flexibility index (Phi) is 3.25. The van der Waals surface area contributed by atoms with Gasteiger partial charge in [-0.15, -0.1) is 0 Å². The zero-order chi connectivity index (χ0) is 12.6. The van der Waals surface area contributed by atoms with Crippen molar-refractivity contribution in [3.05, 3.63) is 0 Å². The molecule has 96 valence electrons. The highest BCUT2D eigenvalue weighted by Crippen LogP contribution is 2.35. The maximum absolute atomic E-state index is 12.1. The third kappa shape index (κ3) is 2.51. The summed E-state index contributed by atoms with van der Waals surface area (Å²) in [6.45, 7) is 3.88. The molecule has 1 aliphatic carbocycles. The third-order valence-corrected chi connectivity index (χ3v) is 3.82. The minimum Gasteiger partial charge on any atom is -0.391 e. The molecule has 2 fully saturated rings. The van der Waals surface area contributed by atoms with Gasteiger partial charge in [-0.2, -0.15) is 0 Å². The fourth-order valence-electron chi connectivity index (χ4n) is 2.95. The van der Waals surface area contributed by atoms with Gasteiger partial charge in [-0.3, -0.25) is 14.5 Å². The Bertz CT molecular complexity index is 318. The quantitative estimate of drug-likeness (QED) is 0.705. The molecule has 0 spiro atoms. The lowest BCUT2D eigenvalue weighted by Crippen LogP contribution is -2.55. The predicted octanol–water partition coefficient (Wildman–Crippen LogP) is 1.47. The Labute approximate surface area is 102 Å². The molecule has 1 heterocycles. The largest absolute Gasteiger partial charge is 0.391 e. The van der Waals surface area contributed by atoms with Gasteiger partial charge in [0.1, 0.15) is 0 Å². The first kappa shape index (κ1) is 12.6. The van der Waals surface area contributed by atoms with Crippen molar-refractivity contribution in [2.75, 3.05) is 0 Å². The van der Waals surface area contributed by atoms with Crippen molar-refractivity contribution in [3.63, 3.8) is 0 Å². The summed E-state index contributed by atoms with van der Waals surface area (Å²) >= 11 is 0. The zero-order valence-electron chi connectivity index (χ0n) is 10.6. The van der Waals surface area contributed by atoms with E-state index in [0.29, 0.717) is 19.3 Å². The predicted molar refractivity (Wildman–Crippen MR) is 63.1 cm³/mol. The highest BCUT2D eigenvalue weighted by atomic mass is 16.3. The van der Waals surface area contributed by atoms with E-state index in [1.165, 1.54) is 4.90 Å². The fourth-order valence-corrected chi connectivity index (χ4v) is 2.95. The molecule has 0 aromatic rings. The molecular formula is C13H21NO3. The maximum atomic E-state index is 12.1. The van der Waals surface area contributed by atoms with E-state index in [0.717, 1.165) is 19.3 Å². The first-order valence-corrected chi connectivity index (χ1v) is 6.44. The lowest BCUT2D eigenvalue weighted by atomic mass is 9.80. The summed E-state index contributed by atoms with van der Waals surface area (Å²) in [6.07, 6.45) is 3.70. The molecule has 1 saturated heterocycles. The highest BCUT2D eigenvalue weighted by molar-refractivity contribution is 5.98. The van der Waals surface area contributed by atoms with E-state index >= 15 is 0 Å². The number of hydrogen-bond acceptors (Lipinski definition) is 3. The van der Waals surface area contributed by atoms with Gasteiger partial charge in [0.25, 0.3) is 0 Å². The SMILES string of the molecule is CC1(C)CC(=O)N(C2CCCCC2O)C(=O)C1. The monoisotopic (exact) mass is 239 g/mol. The Morgan fingerprint density at radius 3 is 2.18 bits per heavy atom. The van der Waals surface area contributed by atoms with E-state index in [1.54, 1.807) is 0 Å². The smallest absolute Gasteiger partial charge is 0.230 e. The number of nitrogens with zero attached hydrogens (tertiary/aromatic N) is 1. The summed E-state index contributed by atoms with van der Waals surface area (Å²) in [5, 5.41) is 9.94. The van der Waals surface area contributed by atoms with Crippen LogP contribution >= 0.6 is 0 Å². The molecule has 0 aromatic heterocycles. The molecule has 2 amide bonds. The van der Waals surface area contributed by atoms with Crippen molar-refractivity contribution in [3.8, 4) is 0 Å². The normalized spacial score (nSPS) is 33.9. The number of piperidine rings is 1. The Balaban J connectivity index is 2.15. The van der Waals surface area contributed by atoms with Crippen LogP contribution in [0.5, 0.6) is 0 Å². The number of imide groups is 1. The maximum Gasteiger partial charge on any atom is 0.230 e. The Hall–Kier alpha value is -0.900. The number of likely N-dealkylation sites (tertiary alicyclic amines) is 1. The molecule has 0 aromatic carbocycles. The summed E-state index contributed by atoms with van der Waals surface area (Å²) in [5.74, 6) is -0.227. The van der Waals surface area contributed by atoms with E-state index < -0.39 is 6.10 Å². The van der Waals surface area contributed by atoms with Gasteiger partial charge in [0.2, 0.25) is 11.8 Å². The van der Waals surface area contributed by atoms with E-state index in [1.807, 2.05) is 13.8 Å². The van der Waals surface area contributed by atoms with Gasteiger partial charge in [-0.05, 0) is 18.3 Å². The van der Waals surface area contributed by atoms with E-state index in [-0.39, 0.29) is 23.3 Å². The van der Waals surface area contributed by atoms with Crippen molar-refractivity contribution in [1.29, 1.82) is 0 Å². The van der Waals surface area contributed by atoms with Crippen molar-refractivity contribution in [2.24, 2.45) is 5.41 Å². The molecule has 2 atom stereocenters. The van der Waals surface area contributed by atoms with E-state index in [9.17, 15) is 14.7 Å². The van der Waals surface area contributed by atoms with Gasteiger partial charge < -0.3 is 5.11 Å². The summed E-state index contributed by atoms with van der Waals surface area (Å²) in [7, 11) is 0. The lowest BCUT2D eigenvalue weighted by Gasteiger charge is -2.42. The van der Waals surface area contributed by atoms with Crippen LogP contribution in [-0.4, -0.2) is 34.0 Å². The second-order valence-corrected chi connectivity index (χ2v) is 6.09. The van der Waals surface area contributed by atoms with Crippen molar-refractivity contribution in [2.45, 2.75) is 64.5 Å². The van der Waals surface area contributed by atoms with Crippen molar-refractivity contribution >= 4 is 11.8 Å². The van der Waals surface area contributed by atoms with Gasteiger partial charge in [-0.25, -0.2) is 0 Å². The lowest BCUT2D eigenvalue weighted by molar-refractivity contribution is -0.159. The van der Waals surface area contributed by atoms with Crippen molar-refractivity contribution in [1.82, 2.24) is 4.90 Å². The average Bonchev–Trinajstić information content (AvgIpc) is 2.17. The van der Waals surface area contributed by atoms with Gasteiger partial charge in [0.05, 0.1) is 12.1 Å². The molecule has 17 heavy (non-hydrogen) atoms. The summed E-state index contributed by atoms with van der Waals surface area (Å²) in [6, 6.07) is -0.278. The molecule has 4 heteroatoms. The molecular weight excluding hydrogens is 218 g/mol. The molecule has 1 aliphatic heterocycles. The Morgan fingerprint density at radius 2 is 1.65 bits per heavy atom. The summed E-state index contributed by atoms with van der Waals surface area (Å²) in [4.78, 5) is 25.5. The number of carbonyl (C=O) groups is 2. The Morgan fingerprint density at radius 1 is 1.12 bits per heavy atom. The number of rotatable bonds is 1. The van der Waals surface area contributed by atoms with Crippen LogP contribution < -0.4 is 0 Å². The van der Waals surface area contributed by atoms with Crippen LogP contribution in [0.1, 0.15) is 52.4 Å². The standard InChI is InChI=1S/C13H21NO3/c1-13(2)7-11(16)14(12(17)8-13)9-5-3-4-6-10(9)15/h9-10,15H,3-8H2,1-2H3. The molecule has 4 nitrogen and oxygen atoms in total. The zero-order valence-corrected chi connectivity index (χ0v) is 10.6. The minimum atomic E-state index is -0.530. The van der Waals surface area contributed by atoms with Gasteiger partial charge in [0, 0.05) is 12.8 Å². The first-order chi connectivity index (χ1) is 7.91. The average molecular weight is 239 g/mol. The first-order valence-electron chi connectivity index (χ1n) is 6.44. The van der Waals surface area contributed by atoms with E-state index in [2.05, 4.69) is 0 Å². The van der Waals surface area contributed by atoms with Crippen LogP contribution in [-0.2, 0) is 9.59 Å². The minimum absolute atomic E-state index is 0.114. The molecule has 2 rings (SSSR count). The molecule has 0 bridgehead atoms. The molecule has 2 unspecified atom stereocenters. The molecule has 0 radical (unpaired) electrons. The second kappa shape index (κ2) is 4.41. The summed E-state index contributed by atoms with van der Waals surface area (Å²) < 4.78 is 0. The van der Waals surface area contributed by atoms with Gasteiger partial charge in [-0.1, -0.05) is 26.7 Å². The topological polar surface area (TPSA) is 57.6 Å².